The van der Waals surface area contributed by atoms with Crippen LogP contribution in [0.1, 0.15) is 18.4 Å². The third kappa shape index (κ3) is 2.20. The highest BCUT2D eigenvalue weighted by molar-refractivity contribution is 5.24. The van der Waals surface area contributed by atoms with Crippen LogP contribution >= 0.6 is 0 Å². The van der Waals surface area contributed by atoms with Gasteiger partial charge in [-0.2, -0.15) is 0 Å². The van der Waals surface area contributed by atoms with Crippen LogP contribution in [-0.4, -0.2) is 27.7 Å². The molecule has 1 aromatic heterocycles. The van der Waals surface area contributed by atoms with Crippen LogP contribution in [-0.2, 0) is 0 Å². The Bertz CT molecular complexity index is 293. The number of hydrogen-bond acceptors (Lipinski definition) is 4. The van der Waals surface area contributed by atoms with Gasteiger partial charge in [0.2, 0.25) is 5.95 Å². The average molecular weight is 193 g/mol. The van der Waals surface area contributed by atoms with E-state index in [4.69, 9.17) is 5.11 Å². The summed E-state index contributed by atoms with van der Waals surface area (Å²) in [5.74, 6) is 1.26. The third-order valence-corrected chi connectivity index (χ3v) is 2.54. The van der Waals surface area contributed by atoms with E-state index in [2.05, 4.69) is 15.3 Å². The first-order valence-electron chi connectivity index (χ1n) is 4.94. The molecular weight excluding hydrogens is 178 g/mol. The molecule has 1 saturated carbocycles. The number of aryl methyl sites for hydroxylation is 1. The molecule has 0 aromatic carbocycles. The van der Waals surface area contributed by atoms with Crippen LogP contribution in [0.25, 0.3) is 0 Å². The van der Waals surface area contributed by atoms with Crippen molar-refractivity contribution in [1.82, 2.24) is 9.97 Å². The van der Waals surface area contributed by atoms with Gasteiger partial charge in [-0.1, -0.05) is 0 Å². The van der Waals surface area contributed by atoms with Gasteiger partial charge < -0.3 is 10.4 Å². The fourth-order valence-corrected chi connectivity index (χ4v) is 1.59. The normalized spacial score (nSPS) is 25.6. The number of nitrogens with zero attached hydrogens (tertiary/aromatic N) is 2. The van der Waals surface area contributed by atoms with E-state index in [1.165, 1.54) is 0 Å². The Balaban J connectivity index is 1.78. The molecule has 0 atom stereocenters. The topological polar surface area (TPSA) is 58.0 Å². The summed E-state index contributed by atoms with van der Waals surface area (Å²) in [4.78, 5) is 8.29. The van der Waals surface area contributed by atoms with E-state index in [0.717, 1.165) is 24.9 Å². The predicted molar refractivity (Wildman–Crippen MR) is 54.0 cm³/mol. The number of rotatable bonds is 3. The van der Waals surface area contributed by atoms with Crippen molar-refractivity contribution in [1.29, 1.82) is 0 Å². The molecule has 2 N–H and O–H groups in total. The third-order valence-electron chi connectivity index (χ3n) is 2.54. The van der Waals surface area contributed by atoms with Crippen molar-refractivity contribution in [3.8, 4) is 0 Å². The standard InChI is InChI=1S/C10H15N3O/c1-7-4-11-10(12-5-7)13-6-8-2-9(14)3-8/h4-5,8-9,14H,2-3,6H2,1H3,(H,11,12,13). The van der Waals surface area contributed by atoms with Crippen LogP contribution < -0.4 is 5.32 Å². The summed E-state index contributed by atoms with van der Waals surface area (Å²) in [5, 5.41) is 12.3. The maximum absolute atomic E-state index is 9.09. The molecule has 1 fully saturated rings. The smallest absolute Gasteiger partial charge is 0.222 e. The number of anilines is 1. The Kier molecular flexibility index (Phi) is 2.63. The van der Waals surface area contributed by atoms with Gasteiger partial charge in [0.1, 0.15) is 0 Å². The molecule has 1 aliphatic rings. The molecule has 76 valence electrons. The van der Waals surface area contributed by atoms with Crippen LogP contribution in [0.2, 0.25) is 0 Å². The monoisotopic (exact) mass is 193 g/mol. The van der Waals surface area contributed by atoms with E-state index in [1.54, 1.807) is 12.4 Å². The molecule has 2 rings (SSSR count). The minimum atomic E-state index is -0.0827. The molecule has 1 aromatic rings. The van der Waals surface area contributed by atoms with Crippen molar-refractivity contribution in [2.24, 2.45) is 5.92 Å². The summed E-state index contributed by atoms with van der Waals surface area (Å²) in [5.41, 5.74) is 1.06. The number of aliphatic hydroxyl groups is 1. The Labute approximate surface area is 83.4 Å². The van der Waals surface area contributed by atoms with Crippen molar-refractivity contribution in [2.45, 2.75) is 25.9 Å². The SMILES string of the molecule is Cc1cnc(NCC2CC(O)C2)nc1. The van der Waals surface area contributed by atoms with Crippen LogP contribution in [0.15, 0.2) is 12.4 Å². The van der Waals surface area contributed by atoms with Gasteiger partial charge in [0.25, 0.3) is 0 Å². The minimum Gasteiger partial charge on any atom is -0.393 e. The molecule has 14 heavy (non-hydrogen) atoms. The Hall–Kier alpha value is -1.16. The highest BCUT2D eigenvalue weighted by Gasteiger charge is 2.26. The van der Waals surface area contributed by atoms with Crippen LogP contribution in [0.5, 0.6) is 0 Å². The second-order valence-corrected chi connectivity index (χ2v) is 3.96. The molecule has 1 aliphatic carbocycles. The van der Waals surface area contributed by atoms with Gasteiger partial charge in [-0.25, -0.2) is 9.97 Å². The first-order chi connectivity index (χ1) is 6.74. The van der Waals surface area contributed by atoms with Gasteiger partial charge >= 0.3 is 0 Å². The van der Waals surface area contributed by atoms with Crippen LogP contribution in [0.4, 0.5) is 5.95 Å². The second-order valence-electron chi connectivity index (χ2n) is 3.96. The number of aliphatic hydroxyl groups excluding tert-OH is 1. The lowest BCUT2D eigenvalue weighted by atomic mass is 9.82. The van der Waals surface area contributed by atoms with Crippen molar-refractivity contribution >= 4 is 5.95 Å². The van der Waals surface area contributed by atoms with Gasteiger partial charge in [0.15, 0.2) is 0 Å². The molecule has 0 aliphatic heterocycles. The summed E-state index contributed by atoms with van der Waals surface area (Å²) in [6.45, 7) is 2.83. The maximum Gasteiger partial charge on any atom is 0.222 e. The predicted octanol–water partition coefficient (Wildman–Crippen LogP) is 0.968. The highest BCUT2D eigenvalue weighted by Crippen LogP contribution is 2.26. The zero-order valence-electron chi connectivity index (χ0n) is 8.27. The highest BCUT2D eigenvalue weighted by atomic mass is 16.3. The molecule has 0 bridgehead atoms. The van der Waals surface area contributed by atoms with Gasteiger partial charge in [-0.3, -0.25) is 0 Å². The summed E-state index contributed by atoms with van der Waals surface area (Å²) in [7, 11) is 0. The van der Waals surface area contributed by atoms with E-state index in [-0.39, 0.29) is 6.10 Å². The first kappa shape index (κ1) is 9.40. The minimum absolute atomic E-state index is 0.0827. The molecule has 0 radical (unpaired) electrons. The summed E-state index contributed by atoms with van der Waals surface area (Å²) in [6.07, 6.45) is 5.31. The largest absolute Gasteiger partial charge is 0.393 e. The van der Waals surface area contributed by atoms with Crippen LogP contribution in [0.3, 0.4) is 0 Å². The van der Waals surface area contributed by atoms with Crippen molar-refractivity contribution < 1.29 is 5.11 Å². The number of aromatic nitrogens is 2. The first-order valence-corrected chi connectivity index (χ1v) is 4.94. The lowest BCUT2D eigenvalue weighted by Crippen LogP contribution is -2.33. The lowest BCUT2D eigenvalue weighted by molar-refractivity contribution is 0.0486. The molecule has 0 saturated heterocycles. The number of nitrogens with one attached hydrogen (secondary N) is 1. The van der Waals surface area contributed by atoms with E-state index >= 15 is 0 Å². The van der Waals surface area contributed by atoms with Crippen molar-refractivity contribution in [3.63, 3.8) is 0 Å². The molecule has 0 amide bonds. The van der Waals surface area contributed by atoms with E-state index in [0.29, 0.717) is 11.9 Å². The fraction of sp³-hybridized carbons (Fsp3) is 0.600. The molecule has 1 heterocycles. The molecule has 4 heteroatoms. The summed E-state index contributed by atoms with van der Waals surface area (Å²) < 4.78 is 0. The van der Waals surface area contributed by atoms with E-state index < -0.39 is 0 Å². The van der Waals surface area contributed by atoms with Gasteiger partial charge in [0.05, 0.1) is 6.10 Å². The summed E-state index contributed by atoms with van der Waals surface area (Å²) in [6, 6.07) is 0. The van der Waals surface area contributed by atoms with Gasteiger partial charge in [0, 0.05) is 18.9 Å². The molecular formula is C10H15N3O. The van der Waals surface area contributed by atoms with Gasteiger partial charge in [-0.15, -0.1) is 0 Å². The zero-order chi connectivity index (χ0) is 9.97. The number of hydrogen-bond donors (Lipinski definition) is 2. The Morgan fingerprint density at radius 3 is 2.64 bits per heavy atom. The Morgan fingerprint density at radius 2 is 2.07 bits per heavy atom. The molecule has 0 spiro atoms. The van der Waals surface area contributed by atoms with Crippen molar-refractivity contribution in [3.05, 3.63) is 18.0 Å². The van der Waals surface area contributed by atoms with E-state index in [1.807, 2.05) is 6.92 Å². The van der Waals surface area contributed by atoms with Gasteiger partial charge in [-0.05, 0) is 31.2 Å². The molecule has 0 unspecified atom stereocenters. The fourth-order valence-electron chi connectivity index (χ4n) is 1.59. The quantitative estimate of drug-likeness (QED) is 0.751. The summed E-state index contributed by atoms with van der Waals surface area (Å²) >= 11 is 0. The van der Waals surface area contributed by atoms with E-state index in [9.17, 15) is 0 Å². The second kappa shape index (κ2) is 3.92. The lowest BCUT2D eigenvalue weighted by Gasteiger charge is -2.31. The maximum atomic E-state index is 9.09. The van der Waals surface area contributed by atoms with Crippen molar-refractivity contribution in [2.75, 3.05) is 11.9 Å². The average Bonchev–Trinajstić information content (AvgIpc) is 2.13. The Morgan fingerprint density at radius 1 is 1.43 bits per heavy atom. The van der Waals surface area contributed by atoms with Crippen LogP contribution in [0, 0.1) is 12.8 Å². The zero-order valence-corrected chi connectivity index (χ0v) is 8.27. The molecule has 4 nitrogen and oxygen atoms in total.